The number of benzene rings is 1. The van der Waals surface area contributed by atoms with Crippen molar-refractivity contribution >= 4 is 27.9 Å². The Labute approximate surface area is 201 Å². The summed E-state index contributed by atoms with van der Waals surface area (Å²) in [5, 5.41) is 8.69. The highest BCUT2D eigenvalue weighted by molar-refractivity contribution is 7.85. The van der Waals surface area contributed by atoms with Crippen LogP contribution in [0.4, 0.5) is 5.69 Å². The molecule has 0 amide bonds. The first kappa shape index (κ1) is 25.6. The summed E-state index contributed by atoms with van der Waals surface area (Å²) in [7, 11) is -4.51. The van der Waals surface area contributed by atoms with Crippen LogP contribution in [0.15, 0.2) is 65.5 Å². The molecule has 1 aromatic carbocycles. The number of carbonyl (C=O) groups is 1. The first-order chi connectivity index (χ1) is 16.0. The molecule has 0 radical (unpaired) electrons. The number of rotatable bonds is 10. The fourth-order valence-electron chi connectivity index (χ4n) is 4.38. The molecule has 2 heterocycles. The lowest BCUT2D eigenvalue weighted by atomic mass is 9.83. The first-order valence-corrected chi connectivity index (χ1v) is 12.9. The molecule has 0 unspecified atom stereocenters. The van der Waals surface area contributed by atoms with E-state index in [2.05, 4.69) is 9.47 Å². The summed E-state index contributed by atoms with van der Waals surface area (Å²) >= 11 is 0. The molecular formula is C26H32N2O5S. The monoisotopic (exact) mass is 484 g/mol. The average molecular weight is 485 g/mol. The molecule has 0 fully saturated rings. The molecule has 1 aromatic heterocycles. The van der Waals surface area contributed by atoms with E-state index in [1.165, 1.54) is 12.1 Å². The van der Waals surface area contributed by atoms with E-state index in [1.807, 2.05) is 63.5 Å². The van der Waals surface area contributed by atoms with Crippen molar-refractivity contribution in [3.05, 3.63) is 71.7 Å². The van der Waals surface area contributed by atoms with E-state index in [9.17, 15) is 17.8 Å². The Kier molecular flexibility index (Phi) is 7.94. The van der Waals surface area contributed by atoms with Gasteiger partial charge >= 0.3 is 5.97 Å². The van der Waals surface area contributed by atoms with Crippen LogP contribution in [-0.2, 0) is 26.9 Å². The second-order valence-corrected chi connectivity index (χ2v) is 10.4. The van der Waals surface area contributed by atoms with Crippen LogP contribution in [0.3, 0.4) is 0 Å². The largest absolute Gasteiger partial charge is 0.744 e. The summed E-state index contributed by atoms with van der Waals surface area (Å²) < 4.78 is 36.7. The quantitative estimate of drug-likeness (QED) is 0.308. The van der Waals surface area contributed by atoms with Crippen molar-refractivity contribution in [3.8, 4) is 0 Å². The van der Waals surface area contributed by atoms with Crippen molar-refractivity contribution < 1.29 is 27.4 Å². The molecular weight excluding hydrogens is 452 g/mol. The molecule has 8 heteroatoms. The molecule has 34 heavy (non-hydrogen) atoms. The zero-order valence-electron chi connectivity index (χ0n) is 19.9. The summed E-state index contributed by atoms with van der Waals surface area (Å²) in [4.78, 5) is 12.5. The van der Waals surface area contributed by atoms with Gasteiger partial charge in [-0.15, -0.1) is 0 Å². The van der Waals surface area contributed by atoms with E-state index in [0.717, 1.165) is 48.4 Å². The number of likely N-dealkylation sites (N-methyl/N-ethyl adjacent to an activating group) is 1. The number of pyridine rings is 1. The zero-order chi connectivity index (χ0) is 24.9. The van der Waals surface area contributed by atoms with Gasteiger partial charge in [-0.2, -0.15) is 0 Å². The molecule has 0 aliphatic carbocycles. The lowest BCUT2D eigenvalue weighted by molar-refractivity contribution is -0.697. The van der Waals surface area contributed by atoms with Crippen LogP contribution in [0.5, 0.6) is 0 Å². The number of hydrogen-bond acceptors (Lipinski definition) is 5. The van der Waals surface area contributed by atoms with Gasteiger partial charge in [0, 0.05) is 48.3 Å². The van der Waals surface area contributed by atoms with Crippen LogP contribution in [0.1, 0.15) is 57.6 Å². The summed E-state index contributed by atoms with van der Waals surface area (Å²) in [5.41, 5.74) is 3.39. The molecule has 0 atom stereocenters. The summed E-state index contributed by atoms with van der Waals surface area (Å²) in [6.45, 7) is 7.68. The number of aliphatic carboxylic acids is 1. The second kappa shape index (κ2) is 10.5. The fraction of sp³-hybridized carbons (Fsp3) is 0.385. The standard InChI is InChI=1S/C26H32N2O5S/c1-4-28-23-13-12-21(34(31,32)33)19-22(23)26(2,3)24(28)10-8-9-20-14-17-27(18-15-20)16-7-5-6-11-25(29)30/h8-10,12-15,17-19H,4-7,11,16H2,1-3H3,(H-,29,30,31,32,33). The molecule has 7 nitrogen and oxygen atoms in total. The lowest BCUT2D eigenvalue weighted by Crippen LogP contribution is -2.32. The summed E-state index contributed by atoms with van der Waals surface area (Å²) in [5.74, 6) is -0.745. The number of aromatic nitrogens is 1. The molecule has 3 rings (SSSR count). The maximum atomic E-state index is 11.5. The maximum Gasteiger partial charge on any atom is 0.303 e. The number of hydrogen-bond donors (Lipinski definition) is 1. The summed E-state index contributed by atoms with van der Waals surface area (Å²) in [6, 6.07) is 8.66. The molecule has 1 aliphatic rings. The normalized spacial score (nSPS) is 16.4. The predicted octanol–water partition coefficient (Wildman–Crippen LogP) is 4.24. The Morgan fingerprint density at radius 1 is 1.15 bits per heavy atom. The number of carboxylic acid groups (broad SMARTS) is 1. The third kappa shape index (κ3) is 5.93. The smallest absolute Gasteiger partial charge is 0.303 e. The van der Waals surface area contributed by atoms with E-state index in [4.69, 9.17) is 5.11 Å². The van der Waals surface area contributed by atoms with Gasteiger partial charge in [-0.25, -0.2) is 13.0 Å². The number of aryl methyl sites for hydroxylation is 1. The van der Waals surface area contributed by atoms with Gasteiger partial charge in [0.05, 0.1) is 4.90 Å². The topological polar surface area (TPSA) is 102 Å². The molecule has 1 aliphatic heterocycles. The SMILES string of the molecule is CCN1/C(=C\C=C\c2cc[n+](CCCCCC(=O)O)cc2)C(C)(C)c2cc(S(=O)(=O)[O-])ccc21. The van der Waals surface area contributed by atoms with Gasteiger partial charge in [0.1, 0.15) is 16.7 Å². The highest BCUT2D eigenvalue weighted by Gasteiger charge is 2.39. The van der Waals surface area contributed by atoms with Gasteiger partial charge in [0.25, 0.3) is 0 Å². The number of anilines is 1. The van der Waals surface area contributed by atoms with Crippen molar-refractivity contribution in [2.24, 2.45) is 0 Å². The fourth-order valence-corrected chi connectivity index (χ4v) is 4.87. The van der Waals surface area contributed by atoms with Gasteiger partial charge in [-0.3, -0.25) is 4.79 Å². The Hall–Kier alpha value is -2.97. The Balaban J connectivity index is 1.71. The number of unbranched alkanes of at least 4 members (excludes halogenated alkanes) is 2. The minimum atomic E-state index is -4.51. The van der Waals surface area contributed by atoms with Crippen molar-refractivity contribution in [1.29, 1.82) is 0 Å². The van der Waals surface area contributed by atoms with E-state index >= 15 is 0 Å². The molecule has 0 bridgehead atoms. The van der Waals surface area contributed by atoms with Gasteiger partial charge in [-0.1, -0.05) is 26.0 Å². The van der Waals surface area contributed by atoms with Crippen LogP contribution < -0.4 is 9.47 Å². The third-order valence-electron chi connectivity index (χ3n) is 6.23. The molecule has 0 saturated heterocycles. The second-order valence-electron chi connectivity index (χ2n) is 8.99. The van der Waals surface area contributed by atoms with Crippen molar-refractivity contribution in [2.45, 2.75) is 63.3 Å². The van der Waals surface area contributed by atoms with E-state index in [0.29, 0.717) is 6.42 Å². The zero-order valence-corrected chi connectivity index (χ0v) is 20.7. The van der Waals surface area contributed by atoms with Crippen molar-refractivity contribution in [2.75, 3.05) is 11.4 Å². The number of carboxylic acids is 1. The number of nitrogens with zero attached hydrogens (tertiary/aromatic N) is 2. The van der Waals surface area contributed by atoms with Gasteiger partial charge in [0.15, 0.2) is 12.4 Å². The molecule has 182 valence electrons. The van der Waals surface area contributed by atoms with Gasteiger partial charge < -0.3 is 14.6 Å². The van der Waals surface area contributed by atoms with Gasteiger partial charge in [0.2, 0.25) is 0 Å². The Morgan fingerprint density at radius 2 is 1.85 bits per heavy atom. The van der Waals surface area contributed by atoms with Gasteiger partial charge in [-0.05, 0) is 55.2 Å². The number of allylic oxidation sites excluding steroid dienone is 3. The minimum absolute atomic E-state index is 0.202. The van der Waals surface area contributed by atoms with Crippen LogP contribution in [-0.4, -0.2) is 30.6 Å². The maximum absolute atomic E-state index is 11.5. The van der Waals surface area contributed by atoms with Crippen molar-refractivity contribution in [1.82, 2.24) is 0 Å². The van der Waals surface area contributed by atoms with Crippen LogP contribution in [0.2, 0.25) is 0 Å². The minimum Gasteiger partial charge on any atom is -0.744 e. The van der Waals surface area contributed by atoms with Crippen LogP contribution >= 0.6 is 0 Å². The van der Waals surface area contributed by atoms with E-state index < -0.39 is 21.5 Å². The Morgan fingerprint density at radius 3 is 2.47 bits per heavy atom. The highest BCUT2D eigenvalue weighted by Crippen LogP contribution is 2.48. The highest BCUT2D eigenvalue weighted by atomic mass is 32.2. The summed E-state index contributed by atoms with van der Waals surface area (Å²) in [6.07, 6.45) is 12.8. The van der Waals surface area contributed by atoms with E-state index in [1.54, 1.807) is 6.07 Å². The molecule has 2 aromatic rings. The van der Waals surface area contributed by atoms with Crippen molar-refractivity contribution in [3.63, 3.8) is 0 Å². The average Bonchev–Trinajstić information content (AvgIpc) is 2.99. The van der Waals surface area contributed by atoms with E-state index in [-0.39, 0.29) is 11.3 Å². The predicted molar refractivity (Wildman–Crippen MR) is 130 cm³/mol. The van der Waals surface area contributed by atoms with Crippen LogP contribution in [0, 0.1) is 0 Å². The first-order valence-electron chi connectivity index (χ1n) is 11.5. The molecule has 0 spiro atoms. The molecule has 0 saturated carbocycles. The lowest BCUT2D eigenvalue weighted by Gasteiger charge is -2.25. The Bertz CT molecular complexity index is 1200. The third-order valence-corrected chi connectivity index (χ3v) is 7.07. The number of fused-ring (bicyclic) bond motifs is 1. The van der Waals surface area contributed by atoms with Crippen LogP contribution in [0.25, 0.3) is 6.08 Å². The molecule has 1 N–H and O–H groups in total.